The molecule has 1 aliphatic rings. The monoisotopic (exact) mass is 944 g/mol. The van der Waals surface area contributed by atoms with E-state index in [1.807, 2.05) is 0 Å². The van der Waals surface area contributed by atoms with E-state index in [2.05, 4.69) is 189 Å². The summed E-state index contributed by atoms with van der Waals surface area (Å²) in [6.45, 7) is 54.6. The second kappa shape index (κ2) is 19.1. The van der Waals surface area contributed by atoms with Gasteiger partial charge in [0.2, 0.25) is 0 Å². The molecule has 6 atom stereocenters. The molecule has 0 radical (unpaired) electrons. The molecule has 6 nitrogen and oxygen atoms in total. The highest BCUT2D eigenvalue weighted by molar-refractivity contribution is 14.1. The standard InChI is InChI=1S/C41H89IO6Si5/c1-24-53(25-2,26-3)43-31-27-28-32-35(46-50(18,19)39(7,8)9)37(48-52(22,23)41(13,14)15)36(47-51(20,21)40(10,11)12)34(44-32)33(29-30-42)45-49(16,17)38(4,5)6/h29-30,32-37H,24-28,31H2,1-23H3/b30-29+/t32-,33-,34-,35-,36?,37?/m0/s1. The van der Waals surface area contributed by atoms with Crippen LogP contribution in [-0.4, -0.2) is 84.8 Å². The topological polar surface area (TPSA) is 55.4 Å². The van der Waals surface area contributed by atoms with Crippen LogP contribution in [0.5, 0.6) is 0 Å². The highest BCUT2D eigenvalue weighted by atomic mass is 127. The van der Waals surface area contributed by atoms with E-state index in [9.17, 15) is 0 Å². The summed E-state index contributed by atoms with van der Waals surface area (Å²) in [5.41, 5.74) is 0. The summed E-state index contributed by atoms with van der Waals surface area (Å²) in [5.74, 6) is 0. The Morgan fingerprint density at radius 2 is 0.962 bits per heavy atom. The molecule has 1 saturated heterocycles. The zero-order chi connectivity index (χ0) is 41.9. The number of rotatable bonds is 18. The van der Waals surface area contributed by atoms with Crippen molar-refractivity contribution >= 4 is 64.2 Å². The predicted molar refractivity (Wildman–Crippen MR) is 252 cm³/mol. The van der Waals surface area contributed by atoms with Crippen molar-refractivity contribution in [2.75, 3.05) is 6.61 Å². The van der Waals surface area contributed by atoms with Gasteiger partial charge in [0.25, 0.3) is 0 Å². The fourth-order valence-electron chi connectivity index (χ4n) is 5.83. The molecule has 0 aliphatic carbocycles. The second-order valence-corrected chi connectivity index (χ2v) is 46.6. The minimum absolute atomic E-state index is 0.000748. The van der Waals surface area contributed by atoms with Crippen LogP contribution in [-0.2, 0) is 26.9 Å². The van der Waals surface area contributed by atoms with Crippen molar-refractivity contribution < 1.29 is 26.9 Å². The summed E-state index contributed by atoms with van der Waals surface area (Å²) >= 11 is 2.35. The minimum Gasteiger partial charge on any atom is -0.417 e. The summed E-state index contributed by atoms with van der Waals surface area (Å²) < 4.78 is 46.9. The van der Waals surface area contributed by atoms with Gasteiger partial charge in [-0.1, -0.05) is 126 Å². The lowest BCUT2D eigenvalue weighted by Gasteiger charge is -2.56. The SMILES string of the molecule is CC[Si](CC)(CC)OCCC[C@@H]1O[C@@H]([C@H](/C=C/I)O[Si](C)(C)C(C)(C)C)C(O[Si](C)(C)C(C)(C)C)C(O[Si](C)(C)C(C)(C)C)[C@H]1O[Si](C)(C)C(C)(C)C. The van der Waals surface area contributed by atoms with Gasteiger partial charge in [-0.25, -0.2) is 0 Å². The van der Waals surface area contributed by atoms with Crippen molar-refractivity contribution in [2.45, 2.75) is 244 Å². The molecule has 0 aromatic heterocycles. The third-order valence-electron chi connectivity index (χ3n) is 14.2. The summed E-state index contributed by atoms with van der Waals surface area (Å²) in [6.07, 6.45) is 2.17. The van der Waals surface area contributed by atoms with Crippen molar-refractivity contribution in [1.29, 1.82) is 0 Å². The zero-order valence-electron chi connectivity index (χ0n) is 39.2. The van der Waals surface area contributed by atoms with E-state index in [1.54, 1.807) is 0 Å². The van der Waals surface area contributed by atoms with Gasteiger partial charge in [0, 0.05) is 6.61 Å². The van der Waals surface area contributed by atoms with Crippen molar-refractivity contribution in [1.82, 2.24) is 0 Å². The maximum Gasteiger partial charge on any atom is 0.193 e. The van der Waals surface area contributed by atoms with Crippen LogP contribution < -0.4 is 0 Å². The molecule has 1 rings (SSSR count). The van der Waals surface area contributed by atoms with Gasteiger partial charge < -0.3 is 26.9 Å². The predicted octanol–water partition coefficient (Wildman–Crippen LogP) is 14.1. The maximum atomic E-state index is 7.74. The van der Waals surface area contributed by atoms with Crippen LogP contribution in [0.15, 0.2) is 10.2 Å². The van der Waals surface area contributed by atoms with Gasteiger partial charge in [0.15, 0.2) is 41.6 Å². The van der Waals surface area contributed by atoms with Gasteiger partial charge in [-0.15, -0.1) is 0 Å². The van der Waals surface area contributed by atoms with Crippen LogP contribution in [0.3, 0.4) is 0 Å². The molecule has 0 spiro atoms. The van der Waals surface area contributed by atoms with Crippen LogP contribution in [0.4, 0.5) is 0 Å². The first kappa shape index (κ1) is 52.3. The lowest BCUT2D eigenvalue weighted by Crippen LogP contribution is -2.69. The molecule has 0 bridgehead atoms. The lowest BCUT2D eigenvalue weighted by molar-refractivity contribution is -0.226. The van der Waals surface area contributed by atoms with E-state index >= 15 is 0 Å². The first-order chi connectivity index (χ1) is 23.6. The van der Waals surface area contributed by atoms with Crippen molar-refractivity contribution in [3.05, 3.63) is 10.2 Å². The number of halogens is 1. The fourth-order valence-corrected chi connectivity index (χ4v) is 14.1. The molecule has 1 heterocycles. The Balaban J connectivity index is 4.18. The Bertz CT molecular complexity index is 1140. The molecule has 0 aromatic rings. The number of hydrogen-bond acceptors (Lipinski definition) is 6. The average molecular weight is 945 g/mol. The molecule has 0 saturated carbocycles. The number of hydrogen-bond donors (Lipinski definition) is 0. The fraction of sp³-hybridized carbons (Fsp3) is 0.951. The molecular weight excluding hydrogens is 856 g/mol. The van der Waals surface area contributed by atoms with Crippen LogP contribution in [0.2, 0.25) is 90.7 Å². The number of ether oxygens (including phenoxy) is 1. The molecule has 1 aliphatic heterocycles. The quantitative estimate of drug-likeness (QED) is 0.0775. The zero-order valence-corrected chi connectivity index (χ0v) is 46.3. The van der Waals surface area contributed by atoms with Gasteiger partial charge >= 0.3 is 0 Å². The van der Waals surface area contributed by atoms with Crippen LogP contribution in [0.1, 0.15) is 117 Å². The van der Waals surface area contributed by atoms with E-state index < -0.39 is 41.6 Å². The molecule has 0 amide bonds. The molecule has 0 aromatic carbocycles. The summed E-state index contributed by atoms with van der Waals surface area (Å²) in [5, 5.41) is 0.0407. The molecule has 12 heteroatoms. The third-order valence-corrected chi connectivity index (χ3v) is 37.2. The molecule has 316 valence electrons. The molecule has 0 N–H and O–H groups in total. The van der Waals surface area contributed by atoms with Crippen LogP contribution in [0.25, 0.3) is 0 Å². The molecular formula is C41H89IO6Si5. The highest BCUT2D eigenvalue weighted by Crippen LogP contribution is 2.48. The molecule has 2 unspecified atom stereocenters. The maximum absolute atomic E-state index is 7.74. The van der Waals surface area contributed by atoms with Gasteiger partial charge in [-0.05, 0) is 114 Å². The van der Waals surface area contributed by atoms with Crippen molar-refractivity contribution in [3.8, 4) is 0 Å². The van der Waals surface area contributed by atoms with E-state index in [0.29, 0.717) is 0 Å². The summed E-state index contributed by atoms with van der Waals surface area (Å²) in [4.78, 5) is 0. The van der Waals surface area contributed by atoms with Crippen molar-refractivity contribution in [2.24, 2.45) is 0 Å². The normalized spacial score (nSPS) is 24.3. The Morgan fingerprint density at radius 3 is 1.32 bits per heavy atom. The van der Waals surface area contributed by atoms with E-state index in [1.165, 1.54) is 0 Å². The smallest absolute Gasteiger partial charge is 0.193 e. The largest absolute Gasteiger partial charge is 0.417 e. The Hall–Kier alpha value is 1.31. The highest BCUT2D eigenvalue weighted by Gasteiger charge is 2.58. The molecule has 1 fully saturated rings. The lowest BCUT2D eigenvalue weighted by atomic mass is 9.90. The van der Waals surface area contributed by atoms with Crippen molar-refractivity contribution in [3.63, 3.8) is 0 Å². The average Bonchev–Trinajstić information content (AvgIpc) is 2.97. The van der Waals surface area contributed by atoms with Gasteiger partial charge in [0.05, 0.1) is 18.3 Å². The minimum atomic E-state index is -2.35. The van der Waals surface area contributed by atoms with Crippen LogP contribution >= 0.6 is 22.6 Å². The van der Waals surface area contributed by atoms with E-state index in [-0.39, 0.29) is 56.8 Å². The Morgan fingerprint density at radius 1 is 0.585 bits per heavy atom. The first-order valence-corrected chi connectivity index (χ1v) is 36.3. The van der Waals surface area contributed by atoms with Crippen LogP contribution in [0, 0.1) is 0 Å². The van der Waals surface area contributed by atoms with E-state index in [0.717, 1.165) is 37.6 Å². The van der Waals surface area contributed by atoms with Gasteiger partial charge in [-0.2, -0.15) is 0 Å². The Labute approximate surface area is 349 Å². The van der Waals surface area contributed by atoms with E-state index in [4.69, 9.17) is 26.9 Å². The first-order valence-electron chi connectivity index (χ1n) is 20.9. The third kappa shape index (κ3) is 13.7. The molecule has 53 heavy (non-hydrogen) atoms. The summed E-state index contributed by atoms with van der Waals surface area (Å²) in [6, 6.07) is 3.47. The second-order valence-electron chi connectivity index (χ2n) is 22.1. The Kier molecular flexibility index (Phi) is 18.9. The van der Waals surface area contributed by atoms with Gasteiger partial charge in [0.1, 0.15) is 18.3 Å². The summed E-state index contributed by atoms with van der Waals surface area (Å²) in [7, 11) is -10.9. The van der Waals surface area contributed by atoms with Gasteiger partial charge in [-0.3, -0.25) is 0 Å².